The molecule has 3 heterocycles. The molecular weight excluding hydrogens is 334 g/mol. The van der Waals surface area contributed by atoms with Crippen LogP contribution in [-0.2, 0) is 9.47 Å². The van der Waals surface area contributed by atoms with Crippen LogP contribution >= 0.6 is 0 Å². The number of nitrogen functional groups attached to an aromatic ring is 1. The van der Waals surface area contributed by atoms with Crippen LogP contribution in [0.25, 0.3) is 0 Å². The highest BCUT2D eigenvalue weighted by atomic mass is 16.6. The largest absolute Gasteiger partial charge is 0.394 e. The Kier molecular flexibility index (Phi) is 4.84. The first-order valence-corrected chi connectivity index (χ1v) is 8.08. The smallest absolute Gasteiger partial charge is 0.277 e. The number of nitrogens with one attached hydrogen (secondary N) is 2. The van der Waals surface area contributed by atoms with Crippen molar-refractivity contribution in [2.45, 2.75) is 37.4 Å². The molecule has 3 rings (SSSR count). The van der Waals surface area contributed by atoms with Gasteiger partial charge in [-0.3, -0.25) is 9.78 Å². The molecule has 25 heavy (non-hydrogen) atoms. The van der Waals surface area contributed by atoms with Gasteiger partial charge in [-0.25, -0.2) is 0 Å². The fourth-order valence-corrected chi connectivity index (χ4v) is 3.18. The summed E-state index contributed by atoms with van der Waals surface area (Å²) in [6, 6.07) is 0. The van der Waals surface area contributed by atoms with Crippen molar-refractivity contribution in [1.82, 2.24) is 9.97 Å². The van der Waals surface area contributed by atoms with Gasteiger partial charge in [0.15, 0.2) is 11.5 Å². The van der Waals surface area contributed by atoms with Crippen molar-refractivity contribution in [2.75, 3.05) is 42.4 Å². The zero-order valence-corrected chi connectivity index (χ0v) is 13.8. The summed E-state index contributed by atoms with van der Waals surface area (Å²) < 4.78 is 11.4. The van der Waals surface area contributed by atoms with E-state index in [0.717, 1.165) is 6.42 Å². The van der Waals surface area contributed by atoms with Crippen LogP contribution in [0.2, 0.25) is 0 Å². The quantitative estimate of drug-likeness (QED) is 0.307. The maximum atomic E-state index is 12.0. The van der Waals surface area contributed by atoms with E-state index in [1.807, 2.05) is 6.92 Å². The van der Waals surface area contributed by atoms with Gasteiger partial charge in [-0.1, -0.05) is 6.92 Å². The molecule has 1 fully saturated rings. The molecule has 0 spiro atoms. The number of rotatable bonds is 6. The Balaban J connectivity index is 2.02. The van der Waals surface area contributed by atoms with E-state index in [1.54, 1.807) is 0 Å². The third-order valence-corrected chi connectivity index (χ3v) is 4.40. The second kappa shape index (κ2) is 6.77. The van der Waals surface area contributed by atoms with Crippen molar-refractivity contribution in [1.29, 1.82) is 0 Å². The van der Waals surface area contributed by atoms with Gasteiger partial charge in [0.2, 0.25) is 5.95 Å². The molecule has 0 aliphatic carbocycles. The zero-order valence-electron chi connectivity index (χ0n) is 13.8. The van der Waals surface area contributed by atoms with Gasteiger partial charge < -0.3 is 40.7 Å². The highest BCUT2D eigenvalue weighted by molar-refractivity contribution is 5.72. The molecule has 0 unspecified atom stereocenters. The molecule has 11 nitrogen and oxygen atoms in total. The molecule has 4 atom stereocenters. The predicted octanol–water partition coefficient (Wildman–Crippen LogP) is -2.22. The summed E-state index contributed by atoms with van der Waals surface area (Å²) in [5, 5.41) is 33.2. The number of H-pyrrole nitrogens is 1. The van der Waals surface area contributed by atoms with Crippen molar-refractivity contribution in [3.8, 4) is 0 Å². The SMILES string of the molecule is CCCOC[C@@]1(N2CNc3c2nc(N)[nH]c3=O)O[C@H](CO)[C@@H](O)[C@H]1O. The van der Waals surface area contributed by atoms with Gasteiger partial charge in [-0.2, -0.15) is 4.98 Å². The third-order valence-electron chi connectivity index (χ3n) is 4.40. The minimum absolute atomic E-state index is 0.0891. The molecule has 2 aliphatic rings. The van der Waals surface area contributed by atoms with Gasteiger partial charge >= 0.3 is 0 Å². The molecule has 7 N–H and O–H groups in total. The van der Waals surface area contributed by atoms with Crippen LogP contribution in [0.3, 0.4) is 0 Å². The summed E-state index contributed by atoms with van der Waals surface area (Å²) in [4.78, 5) is 20.0. The number of aliphatic hydroxyl groups is 3. The molecule has 0 saturated carbocycles. The van der Waals surface area contributed by atoms with Crippen LogP contribution in [0.15, 0.2) is 4.79 Å². The van der Waals surface area contributed by atoms with Crippen molar-refractivity contribution in [2.24, 2.45) is 0 Å². The van der Waals surface area contributed by atoms with Gasteiger partial charge in [0.05, 0.1) is 19.9 Å². The fourth-order valence-electron chi connectivity index (χ4n) is 3.18. The van der Waals surface area contributed by atoms with E-state index in [4.69, 9.17) is 15.2 Å². The number of hydrogen-bond donors (Lipinski definition) is 6. The number of fused-ring (bicyclic) bond motifs is 1. The normalized spacial score (nSPS) is 31.2. The molecule has 11 heteroatoms. The summed E-state index contributed by atoms with van der Waals surface area (Å²) in [5.74, 6) is 0.0972. The van der Waals surface area contributed by atoms with Gasteiger partial charge in [0.1, 0.15) is 24.0 Å². The van der Waals surface area contributed by atoms with E-state index >= 15 is 0 Å². The summed E-state index contributed by atoms with van der Waals surface area (Å²) in [5.41, 5.74) is 3.83. The van der Waals surface area contributed by atoms with E-state index in [-0.39, 0.29) is 30.7 Å². The molecule has 0 bridgehead atoms. The summed E-state index contributed by atoms with van der Waals surface area (Å²) in [6.45, 7) is 1.86. The highest BCUT2D eigenvalue weighted by Gasteiger charge is 2.59. The average molecular weight is 357 g/mol. The maximum absolute atomic E-state index is 12.0. The number of aromatic amines is 1. The lowest BCUT2D eigenvalue weighted by Crippen LogP contribution is -2.60. The van der Waals surface area contributed by atoms with Crippen LogP contribution in [0, 0.1) is 0 Å². The Hall–Kier alpha value is -1.92. The first kappa shape index (κ1) is 17.9. The van der Waals surface area contributed by atoms with Gasteiger partial charge in [0, 0.05) is 6.61 Å². The average Bonchev–Trinajstić information content (AvgIpc) is 3.10. The van der Waals surface area contributed by atoms with Crippen molar-refractivity contribution >= 4 is 17.5 Å². The van der Waals surface area contributed by atoms with Gasteiger partial charge in [-0.05, 0) is 6.42 Å². The van der Waals surface area contributed by atoms with E-state index < -0.39 is 36.2 Å². The second-order valence-electron chi connectivity index (χ2n) is 6.08. The monoisotopic (exact) mass is 357 g/mol. The number of nitrogens with two attached hydrogens (primary N) is 1. The van der Waals surface area contributed by atoms with E-state index in [9.17, 15) is 20.1 Å². The Morgan fingerprint density at radius 3 is 2.92 bits per heavy atom. The lowest BCUT2D eigenvalue weighted by molar-refractivity contribution is -0.131. The summed E-state index contributed by atoms with van der Waals surface area (Å²) in [7, 11) is 0. The molecule has 140 valence electrons. The first-order chi connectivity index (χ1) is 11.9. The summed E-state index contributed by atoms with van der Waals surface area (Å²) in [6.07, 6.45) is -2.96. The standard InChI is InChI=1S/C14H23N5O6/c1-2-3-24-5-14(10(22)9(21)7(4-20)25-14)19-6-16-8-11(19)17-13(15)18-12(8)23/h7,9-10,16,20-22H,2-6H2,1H3,(H3,15,17,18,23)/t7-,9-,10-,14-/m1/s1. The van der Waals surface area contributed by atoms with Crippen LogP contribution in [0.1, 0.15) is 13.3 Å². The number of nitrogens with zero attached hydrogens (tertiary/aromatic N) is 2. The molecule has 2 aliphatic heterocycles. The number of ether oxygens (including phenoxy) is 2. The molecule has 1 saturated heterocycles. The predicted molar refractivity (Wildman–Crippen MR) is 88.1 cm³/mol. The number of hydrogen-bond acceptors (Lipinski definition) is 10. The maximum Gasteiger partial charge on any atom is 0.277 e. The molecule has 1 aromatic rings. The minimum atomic E-state index is -1.52. The molecule has 0 amide bonds. The lowest BCUT2D eigenvalue weighted by atomic mass is 10.0. The second-order valence-corrected chi connectivity index (χ2v) is 6.08. The van der Waals surface area contributed by atoms with Crippen LogP contribution < -0.4 is 21.5 Å². The van der Waals surface area contributed by atoms with Crippen molar-refractivity contribution < 1.29 is 24.8 Å². The van der Waals surface area contributed by atoms with Gasteiger partial charge in [-0.15, -0.1) is 0 Å². The Bertz CT molecular complexity index is 684. The van der Waals surface area contributed by atoms with Crippen LogP contribution in [0.5, 0.6) is 0 Å². The third kappa shape index (κ3) is 2.83. The Morgan fingerprint density at radius 1 is 1.52 bits per heavy atom. The summed E-state index contributed by atoms with van der Waals surface area (Å²) >= 11 is 0. The van der Waals surface area contributed by atoms with Crippen molar-refractivity contribution in [3.63, 3.8) is 0 Å². The van der Waals surface area contributed by atoms with E-state index in [1.165, 1.54) is 4.90 Å². The van der Waals surface area contributed by atoms with E-state index in [2.05, 4.69) is 15.3 Å². The fraction of sp³-hybridized carbons (Fsp3) is 0.714. The Morgan fingerprint density at radius 2 is 2.28 bits per heavy atom. The minimum Gasteiger partial charge on any atom is -0.394 e. The topological polar surface area (TPSA) is 166 Å². The highest BCUT2D eigenvalue weighted by Crippen LogP contribution is 2.41. The molecule has 0 aromatic carbocycles. The van der Waals surface area contributed by atoms with Gasteiger partial charge in [0.25, 0.3) is 5.56 Å². The van der Waals surface area contributed by atoms with Crippen LogP contribution in [-0.4, -0.2) is 75.8 Å². The number of aliphatic hydroxyl groups excluding tert-OH is 3. The molecular formula is C14H23N5O6. The number of aromatic nitrogens is 2. The van der Waals surface area contributed by atoms with Crippen molar-refractivity contribution in [3.05, 3.63) is 10.4 Å². The first-order valence-electron chi connectivity index (χ1n) is 8.08. The van der Waals surface area contributed by atoms with E-state index in [0.29, 0.717) is 6.61 Å². The Labute approximate surface area is 143 Å². The zero-order chi connectivity index (χ0) is 18.2. The van der Waals surface area contributed by atoms with Crippen LogP contribution in [0.4, 0.5) is 17.5 Å². The number of anilines is 3. The molecule has 0 radical (unpaired) electrons. The molecule has 1 aromatic heterocycles. The lowest BCUT2D eigenvalue weighted by Gasteiger charge is -2.40.